The Balaban J connectivity index is 0.000000258. The number of nitrogens with zero attached hydrogens (tertiary/aromatic N) is 3. The van der Waals surface area contributed by atoms with Crippen LogP contribution in [0.3, 0.4) is 0 Å². The second kappa shape index (κ2) is 6.70. The molecule has 0 aromatic heterocycles. The number of carboxylic acids is 2. The van der Waals surface area contributed by atoms with E-state index in [9.17, 15) is 0 Å². The number of fused-ring (bicyclic) bond motifs is 2. The Morgan fingerprint density at radius 2 is 2.00 bits per heavy atom. The smallest absolute Gasteiger partial charge is 0.414 e. The molecule has 2 aliphatic rings. The summed E-state index contributed by atoms with van der Waals surface area (Å²) in [5, 5.41) is 27.4. The molecule has 0 amide bonds. The van der Waals surface area contributed by atoms with Crippen molar-refractivity contribution in [3.05, 3.63) is 0 Å². The van der Waals surface area contributed by atoms with Gasteiger partial charge in [-0.25, -0.2) is 9.59 Å². The topological polar surface area (TPSA) is 123 Å². The van der Waals surface area contributed by atoms with E-state index >= 15 is 0 Å². The molecule has 8 nitrogen and oxygen atoms in total. The Kier molecular flexibility index (Phi) is 5.26. The maximum atomic E-state index is 9.10. The predicted octanol–water partition coefficient (Wildman–Crippen LogP) is -0.380. The van der Waals surface area contributed by atoms with Crippen LogP contribution >= 0.6 is 0 Å². The number of carboxylic acid groups (broad SMARTS) is 2. The average Bonchev–Trinajstić information content (AvgIpc) is 2.98. The number of carbonyl (C=O) groups is 2. The molecule has 104 valence electrons. The van der Waals surface area contributed by atoms with Gasteiger partial charge in [0.25, 0.3) is 0 Å². The third kappa shape index (κ3) is 3.93. The van der Waals surface area contributed by atoms with Crippen LogP contribution in [-0.2, 0) is 14.4 Å². The van der Waals surface area contributed by atoms with Crippen LogP contribution in [0.2, 0.25) is 0 Å². The lowest BCUT2D eigenvalue weighted by Crippen LogP contribution is -2.28. The van der Waals surface area contributed by atoms with Crippen molar-refractivity contribution in [2.75, 3.05) is 26.7 Å². The molecule has 2 rings (SSSR count). The van der Waals surface area contributed by atoms with Gasteiger partial charge in [-0.1, -0.05) is 5.16 Å². The molecule has 8 heteroatoms. The molecular weight excluding hydrogens is 254 g/mol. The fraction of sp³-hybridized carbons (Fsp3) is 0.636. The molecule has 2 saturated heterocycles. The maximum absolute atomic E-state index is 9.10. The normalized spacial score (nSPS) is 28.0. The van der Waals surface area contributed by atoms with Crippen molar-refractivity contribution in [2.24, 2.45) is 17.0 Å². The molecule has 19 heavy (non-hydrogen) atoms. The van der Waals surface area contributed by atoms with Gasteiger partial charge in [0.15, 0.2) is 5.71 Å². The van der Waals surface area contributed by atoms with Crippen molar-refractivity contribution in [1.82, 2.24) is 4.90 Å². The van der Waals surface area contributed by atoms with Gasteiger partial charge in [0.2, 0.25) is 0 Å². The van der Waals surface area contributed by atoms with Crippen molar-refractivity contribution in [3.8, 4) is 6.07 Å². The van der Waals surface area contributed by atoms with Crippen molar-refractivity contribution < 1.29 is 24.6 Å². The van der Waals surface area contributed by atoms with Crippen LogP contribution in [0, 0.1) is 23.2 Å². The number of hydrogen-bond donors (Lipinski definition) is 2. The molecular formula is C11H15N3O5. The maximum Gasteiger partial charge on any atom is 0.414 e. The van der Waals surface area contributed by atoms with E-state index in [0.717, 1.165) is 13.1 Å². The van der Waals surface area contributed by atoms with Crippen LogP contribution in [0.15, 0.2) is 5.16 Å². The molecule has 2 bridgehead atoms. The summed E-state index contributed by atoms with van der Waals surface area (Å²) in [6.07, 6.45) is 1.20. The fourth-order valence-electron chi connectivity index (χ4n) is 2.36. The zero-order valence-electron chi connectivity index (χ0n) is 10.4. The highest BCUT2D eigenvalue weighted by atomic mass is 16.6. The monoisotopic (exact) mass is 269 g/mol. The Bertz CT molecular complexity index is 417. The van der Waals surface area contributed by atoms with Gasteiger partial charge in [0, 0.05) is 19.0 Å². The third-order valence-corrected chi connectivity index (χ3v) is 3.17. The highest BCUT2D eigenvalue weighted by molar-refractivity contribution is 6.27. The molecule has 2 aliphatic heterocycles. The van der Waals surface area contributed by atoms with Gasteiger partial charge in [-0.15, -0.1) is 0 Å². The number of aliphatic carboxylic acids is 2. The SMILES string of the molecule is CON=C(C#N)C1CN2CCC1C2.O=C(O)C(=O)O. The van der Waals surface area contributed by atoms with E-state index in [-0.39, 0.29) is 0 Å². The summed E-state index contributed by atoms with van der Waals surface area (Å²) in [5.41, 5.74) is 0.565. The van der Waals surface area contributed by atoms with Crippen molar-refractivity contribution in [2.45, 2.75) is 6.42 Å². The van der Waals surface area contributed by atoms with Crippen LogP contribution < -0.4 is 0 Å². The number of rotatable bonds is 2. The lowest BCUT2D eigenvalue weighted by atomic mass is 9.89. The van der Waals surface area contributed by atoms with Crippen LogP contribution in [0.1, 0.15) is 6.42 Å². The number of oxime groups is 1. The van der Waals surface area contributed by atoms with Gasteiger partial charge in [-0.3, -0.25) is 0 Å². The van der Waals surface area contributed by atoms with Gasteiger partial charge >= 0.3 is 11.9 Å². The van der Waals surface area contributed by atoms with E-state index in [1.165, 1.54) is 20.1 Å². The summed E-state index contributed by atoms with van der Waals surface area (Å²) < 4.78 is 0. The highest BCUT2D eigenvalue weighted by Gasteiger charge is 2.40. The summed E-state index contributed by atoms with van der Waals surface area (Å²) in [5.74, 6) is -2.70. The molecule has 0 aromatic rings. The quantitative estimate of drug-likeness (QED) is 0.398. The molecule has 2 heterocycles. The van der Waals surface area contributed by atoms with E-state index in [1.807, 2.05) is 0 Å². The Labute approximate surface area is 109 Å². The lowest BCUT2D eigenvalue weighted by molar-refractivity contribution is -0.159. The summed E-state index contributed by atoms with van der Waals surface area (Å²) in [6, 6.07) is 2.13. The van der Waals surface area contributed by atoms with Crippen LogP contribution in [-0.4, -0.2) is 59.5 Å². The minimum absolute atomic E-state index is 0.318. The summed E-state index contributed by atoms with van der Waals surface area (Å²) >= 11 is 0. The first-order chi connectivity index (χ1) is 8.99. The minimum Gasteiger partial charge on any atom is -0.473 e. The molecule has 2 fully saturated rings. The van der Waals surface area contributed by atoms with E-state index in [0.29, 0.717) is 17.5 Å². The second-order valence-corrected chi connectivity index (χ2v) is 4.30. The first-order valence-electron chi connectivity index (χ1n) is 5.69. The number of nitriles is 1. The molecule has 2 N–H and O–H groups in total. The standard InChI is InChI=1S/C9H13N3O.C2H2O4/c1-13-11-9(4-10)8-6-12-3-2-7(8)5-12;3-1(4)2(5)6/h7-8H,2-3,5-6H2,1H3;(H,3,4)(H,5,6). The van der Waals surface area contributed by atoms with Gasteiger partial charge in [0.1, 0.15) is 13.2 Å². The largest absolute Gasteiger partial charge is 0.473 e. The first kappa shape index (κ1) is 14.9. The molecule has 0 saturated carbocycles. The van der Waals surface area contributed by atoms with Crippen molar-refractivity contribution in [3.63, 3.8) is 0 Å². The number of piperidine rings is 1. The van der Waals surface area contributed by atoms with Gasteiger partial charge in [0.05, 0.1) is 0 Å². The minimum atomic E-state index is -1.82. The van der Waals surface area contributed by atoms with Gasteiger partial charge in [-0.2, -0.15) is 5.26 Å². The Morgan fingerprint density at radius 1 is 1.37 bits per heavy atom. The highest BCUT2D eigenvalue weighted by Crippen LogP contribution is 2.33. The van der Waals surface area contributed by atoms with Gasteiger partial charge in [-0.05, 0) is 18.9 Å². The molecule has 0 radical (unpaired) electrons. The predicted molar refractivity (Wildman–Crippen MR) is 63.4 cm³/mol. The Morgan fingerprint density at radius 3 is 2.32 bits per heavy atom. The van der Waals surface area contributed by atoms with Crippen LogP contribution in [0.25, 0.3) is 0 Å². The molecule has 3 unspecified atom stereocenters. The Hall–Kier alpha value is -2.14. The van der Waals surface area contributed by atoms with E-state index in [4.69, 9.17) is 25.1 Å². The first-order valence-corrected chi connectivity index (χ1v) is 5.69. The zero-order valence-corrected chi connectivity index (χ0v) is 10.4. The van der Waals surface area contributed by atoms with Crippen LogP contribution in [0.5, 0.6) is 0 Å². The number of hydrogen-bond acceptors (Lipinski definition) is 6. The summed E-state index contributed by atoms with van der Waals surface area (Å²) in [4.78, 5) is 25.2. The summed E-state index contributed by atoms with van der Waals surface area (Å²) in [7, 11) is 1.49. The average molecular weight is 269 g/mol. The molecule has 0 aromatic carbocycles. The van der Waals surface area contributed by atoms with Gasteiger partial charge < -0.3 is 20.0 Å². The lowest BCUT2D eigenvalue weighted by Gasteiger charge is -2.19. The fourth-order valence-corrected chi connectivity index (χ4v) is 2.36. The molecule has 0 spiro atoms. The van der Waals surface area contributed by atoms with E-state index in [2.05, 4.69) is 21.0 Å². The summed E-state index contributed by atoms with van der Waals surface area (Å²) in [6.45, 7) is 3.31. The van der Waals surface area contributed by atoms with Crippen molar-refractivity contribution >= 4 is 17.7 Å². The zero-order chi connectivity index (χ0) is 14.4. The van der Waals surface area contributed by atoms with Crippen molar-refractivity contribution in [1.29, 1.82) is 5.26 Å². The van der Waals surface area contributed by atoms with Crippen LogP contribution in [0.4, 0.5) is 0 Å². The van der Waals surface area contributed by atoms with E-state index < -0.39 is 11.9 Å². The third-order valence-electron chi connectivity index (χ3n) is 3.17. The van der Waals surface area contributed by atoms with E-state index in [1.54, 1.807) is 0 Å². The molecule has 0 aliphatic carbocycles. The second-order valence-electron chi connectivity index (χ2n) is 4.30. The molecule has 3 atom stereocenters.